The van der Waals surface area contributed by atoms with E-state index in [1.807, 2.05) is 0 Å². The van der Waals surface area contributed by atoms with Crippen molar-refractivity contribution in [2.45, 2.75) is 37.9 Å². The Morgan fingerprint density at radius 1 is 1.09 bits per heavy atom. The van der Waals surface area contributed by atoms with Crippen molar-refractivity contribution in [1.29, 1.82) is 0 Å². The van der Waals surface area contributed by atoms with E-state index in [2.05, 4.69) is 4.98 Å². The summed E-state index contributed by atoms with van der Waals surface area (Å²) in [7, 11) is -2.17. The highest BCUT2D eigenvalue weighted by Crippen LogP contribution is 2.41. The number of fused-ring (bicyclic) bond motifs is 1. The maximum atomic E-state index is 13.5. The lowest BCUT2D eigenvalue weighted by Gasteiger charge is -2.22. The Labute approximate surface area is 206 Å². The molecule has 0 bridgehead atoms. The van der Waals surface area contributed by atoms with Crippen LogP contribution in [0.15, 0.2) is 47.5 Å². The Morgan fingerprint density at radius 2 is 1.74 bits per heavy atom. The van der Waals surface area contributed by atoms with E-state index in [1.54, 1.807) is 26.0 Å². The van der Waals surface area contributed by atoms with Gasteiger partial charge in [0, 0.05) is 30.4 Å². The van der Waals surface area contributed by atoms with E-state index in [0.717, 1.165) is 6.26 Å². The van der Waals surface area contributed by atoms with Crippen molar-refractivity contribution in [2.75, 3.05) is 13.4 Å². The van der Waals surface area contributed by atoms with Gasteiger partial charge in [0.05, 0.1) is 27.9 Å². The predicted molar refractivity (Wildman–Crippen MR) is 127 cm³/mol. The average molecular weight is 528 g/mol. The van der Waals surface area contributed by atoms with E-state index in [1.165, 1.54) is 37.6 Å². The second-order valence-corrected chi connectivity index (χ2v) is 10.6. The van der Waals surface area contributed by atoms with Crippen LogP contribution in [0.2, 0.25) is 5.02 Å². The SMILES string of the molecule is COC(=O)C(Oc1ccc(Cl)c2ncc(Cc3ccc(S(C)(=O)=O)cc3)c(OC(F)F)c12)C(C)C. The van der Waals surface area contributed by atoms with Crippen LogP contribution in [0.4, 0.5) is 8.78 Å². The molecule has 1 unspecified atom stereocenters. The lowest BCUT2D eigenvalue weighted by Crippen LogP contribution is -2.33. The summed E-state index contributed by atoms with van der Waals surface area (Å²) in [4.78, 5) is 16.7. The molecule has 0 fully saturated rings. The molecule has 0 saturated carbocycles. The molecular formula is C24H24ClF2NO6S. The summed E-state index contributed by atoms with van der Waals surface area (Å²) in [6, 6.07) is 8.95. The number of benzene rings is 2. The number of aromatic nitrogens is 1. The predicted octanol–water partition coefficient (Wildman–Crippen LogP) is 5.06. The van der Waals surface area contributed by atoms with Crippen LogP contribution in [0.5, 0.6) is 11.5 Å². The van der Waals surface area contributed by atoms with Crippen molar-refractivity contribution < 1.29 is 36.2 Å². The fourth-order valence-electron chi connectivity index (χ4n) is 3.49. The molecule has 0 spiro atoms. The topological polar surface area (TPSA) is 91.8 Å². The molecule has 1 aromatic heterocycles. The fourth-order valence-corrected chi connectivity index (χ4v) is 4.32. The minimum Gasteiger partial charge on any atom is -0.478 e. The first-order chi connectivity index (χ1) is 16.4. The van der Waals surface area contributed by atoms with Gasteiger partial charge in [0.2, 0.25) is 0 Å². The molecule has 188 valence electrons. The molecule has 0 aliphatic heterocycles. The maximum Gasteiger partial charge on any atom is 0.387 e. The molecule has 0 aliphatic rings. The lowest BCUT2D eigenvalue weighted by atomic mass is 10.0. The third kappa shape index (κ3) is 6.18. The van der Waals surface area contributed by atoms with Gasteiger partial charge in [-0.1, -0.05) is 37.6 Å². The standard InChI is InChI=1S/C24H24ClF2NO6S/c1-13(2)21(23(29)32-3)33-18-10-9-17(25)20-19(18)22(34-24(26)27)15(12-28-20)11-14-5-7-16(8-6-14)35(4,30)31/h5-10,12-13,21,24H,11H2,1-4H3. The summed E-state index contributed by atoms with van der Waals surface area (Å²) in [6.07, 6.45) is 1.54. The van der Waals surface area contributed by atoms with Gasteiger partial charge in [-0.2, -0.15) is 8.78 Å². The number of carbonyl (C=O) groups excluding carboxylic acids is 1. The molecule has 0 saturated heterocycles. The van der Waals surface area contributed by atoms with Crippen LogP contribution in [0, 0.1) is 5.92 Å². The first-order valence-electron chi connectivity index (χ1n) is 10.5. The van der Waals surface area contributed by atoms with Gasteiger partial charge in [-0.15, -0.1) is 0 Å². The molecule has 0 aliphatic carbocycles. The molecule has 11 heteroatoms. The van der Waals surface area contributed by atoms with Crippen LogP contribution in [-0.4, -0.2) is 45.5 Å². The summed E-state index contributed by atoms with van der Waals surface area (Å²) < 4.78 is 66.1. The molecule has 3 rings (SSSR count). The number of hydrogen-bond acceptors (Lipinski definition) is 7. The Hall–Kier alpha value is -2.98. The van der Waals surface area contributed by atoms with Gasteiger partial charge in [0.1, 0.15) is 11.5 Å². The van der Waals surface area contributed by atoms with Crippen LogP contribution in [0.3, 0.4) is 0 Å². The Balaban J connectivity index is 2.16. The van der Waals surface area contributed by atoms with Crippen molar-refractivity contribution in [1.82, 2.24) is 4.98 Å². The highest BCUT2D eigenvalue weighted by Gasteiger charge is 2.28. The quantitative estimate of drug-likeness (QED) is 0.359. The van der Waals surface area contributed by atoms with E-state index in [4.69, 9.17) is 25.8 Å². The van der Waals surface area contributed by atoms with Gasteiger partial charge in [-0.05, 0) is 29.8 Å². The third-order valence-corrected chi connectivity index (χ3v) is 6.64. The molecule has 0 N–H and O–H groups in total. The number of rotatable bonds is 9. The Bertz CT molecular complexity index is 1330. The zero-order valence-corrected chi connectivity index (χ0v) is 21.0. The number of alkyl halides is 2. The lowest BCUT2D eigenvalue weighted by molar-refractivity contribution is -0.150. The zero-order chi connectivity index (χ0) is 25.9. The summed E-state index contributed by atoms with van der Waals surface area (Å²) in [6.45, 7) is 0.334. The second kappa shape index (κ2) is 10.7. The number of methoxy groups -OCH3 is 1. The molecule has 2 aromatic carbocycles. The van der Waals surface area contributed by atoms with Crippen molar-refractivity contribution >= 4 is 38.3 Å². The Morgan fingerprint density at radius 3 is 2.29 bits per heavy atom. The summed E-state index contributed by atoms with van der Waals surface area (Å²) in [5.41, 5.74) is 1.08. The molecule has 0 amide bonds. The minimum absolute atomic E-state index is 0.0749. The van der Waals surface area contributed by atoms with Crippen LogP contribution >= 0.6 is 11.6 Å². The van der Waals surface area contributed by atoms with Crippen molar-refractivity contribution in [3.63, 3.8) is 0 Å². The third-order valence-electron chi connectivity index (χ3n) is 5.20. The normalized spacial score (nSPS) is 12.7. The number of carbonyl (C=O) groups is 1. The monoisotopic (exact) mass is 527 g/mol. The van der Waals surface area contributed by atoms with Gasteiger partial charge in [-0.25, -0.2) is 13.2 Å². The van der Waals surface area contributed by atoms with Crippen molar-refractivity contribution in [3.05, 3.63) is 58.7 Å². The highest BCUT2D eigenvalue weighted by atomic mass is 35.5. The molecule has 7 nitrogen and oxygen atoms in total. The van der Waals surface area contributed by atoms with Gasteiger partial charge < -0.3 is 14.2 Å². The smallest absolute Gasteiger partial charge is 0.387 e. The van der Waals surface area contributed by atoms with Gasteiger partial charge >= 0.3 is 12.6 Å². The maximum absolute atomic E-state index is 13.5. The van der Waals surface area contributed by atoms with Crippen molar-refractivity contribution in [3.8, 4) is 11.5 Å². The second-order valence-electron chi connectivity index (χ2n) is 8.16. The number of hydrogen-bond donors (Lipinski definition) is 0. The van der Waals surface area contributed by atoms with Crippen LogP contribution in [0.25, 0.3) is 10.9 Å². The van der Waals surface area contributed by atoms with Gasteiger partial charge in [0.25, 0.3) is 0 Å². The van der Waals surface area contributed by atoms with Gasteiger partial charge in [-0.3, -0.25) is 4.98 Å². The fraction of sp³-hybridized carbons (Fsp3) is 0.333. The zero-order valence-electron chi connectivity index (χ0n) is 19.4. The molecule has 1 atom stereocenters. The van der Waals surface area contributed by atoms with Gasteiger partial charge in [0.15, 0.2) is 15.9 Å². The largest absolute Gasteiger partial charge is 0.478 e. The number of halogens is 3. The number of pyridine rings is 1. The molecule has 1 heterocycles. The first-order valence-corrected chi connectivity index (χ1v) is 12.8. The molecule has 3 aromatic rings. The summed E-state index contributed by atoms with van der Waals surface area (Å²) in [5, 5.41) is 0.257. The van der Waals surface area contributed by atoms with E-state index in [9.17, 15) is 22.0 Å². The number of nitrogens with zero attached hydrogens (tertiary/aromatic N) is 1. The first kappa shape index (κ1) is 26.6. The number of ether oxygens (including phenoxy) is 3. The summed E-state index contributed by atoms with van der Waals surface area (Å²) >= 11 is 6.29. The Kier molecular flexibility index (Phi) is 8.17. The van der Waals surface area contributed by atoms with E-state index in [-0.39, 0.29) is 50.2 Å². The van der Waals surface area contributed by atoms with E-state index < -0.39 is 28.5 Å². The van der Waals surface area contributed by atoms with Crippen LogP contribution in [0.1, 0.15) is 25.0 Å². The summed E-state index contributed by atoms with van der Waals surface area (Å²) in [5.74, 6) is -1.06. The van der Waals surface area contributed by atoms with E-state index in [0.29, 0.717) is 5.56 Å². The van der Waals surface area contributed by atoms with Crippen LogP contribution in [-0.2, 0) is 25.8 Å². The molecule has 0 radical (unpaired) electrons. The minimum atomic E-state index is -3.39. The molecular weight excluding hydrogens is 504 g/mol. The van der Waals surface area contributed by atoms with Crippen molar-refractivity contribution in [2.24, 2.45) is 5.92 Å². The average Bonchev–Trinajstić information content (AvgIpc) is 2.78. The van der Waals surface area contributed by atoms with Crippen LogP contribution < -0.4 is 9.47 Å². The number of sulfone groups is 1. The highest BCUT2D eigenvalue weighted by molar-refractivity contribution is 7.90. The number of esters is 1. The molecule has 35 heavy (non-hydrogen) atoms. The van der Waals surface area contributed by atoms with E-state index >= 15 is 0 Å².